The molecule has 1 spiro atoms. The van der Waals surface area contributed by atoms with Crippen molar-refractivity contribution < 1.29 is 9.15 Å². The first-order valence-corrected chi connectivity index (χ1v) is 10.3. The summed E-state index contributed by atoms with van der Waals surface area (Å²) >= 11 is 0. The summed E-state index contributed by atoms with van der Waals surface area (Å²) in [7, 11) is 1.85. The standard InChI is InChI=1S/C23H32N2O2/c1-26-18-21-16-25(17-22-8-5-15-27-22)19-23(21)10-13-24(14-11-23)12-9-20-6-3-2-4-7-20/h2-8,15,21H,9-14,16-19H2,1H3/t21-/m0/s1. The summed E-state index contributed by atoms with van der Waals surface area (Å²) in [5.74, 6) is 1.71. The van der Waals surface area contributed by atoms with Gasteiger partial charge in [0.2, 0.25) is 0 Å². The van der Waals surface area contributed by atoms with Gasteiger partial charge in [0.15, 0.2) is 0 Å². The van der Waals surface area contributed by atoms with E-state index in [1.807, 2.05) is 13.2 Å². The number of piperidine rings is 1. The minimum Gasteiger partial charge on any atom is -0.468 e. The lowest BCUT2D eigenvalue weighted by Gasteiger charge is -2.42. The molecule has 0 N–H and O–H groups in total. The van der Waals surface area contributed by atoms with E-state index in [2.05, 4.69) is 46.2 Å². The minimum atomic E-state index is 0.409. The van der Waals surface area contributed by atoms with E-state index >= 15 is 0 Å². The highest BCUT2D eigenvalue weighted by molar-refractivity contribution is 5.15. The summed E-state index contributed by atoms with van der Waals surface area (Å²) in [5, 5.41) is 0. The Labute approximate surface area is 163 Å². The lowest BCUT2D eigenvalue weighted by molar-refractivity contribution is 0.0377. The fourth-order valence-electron chi connectivity index (χ4n) is 5.04. The van der Waals surface area contributed by atoms with Crippen molar-refractivity contribution in [1.29, 1.82) is 0 Å². The van der Waals surface area contributed by atoms with Crippen LogP contribution in [0.2, 0.25) is 0 Å². The van der Waals surface area contributed by atoms with Crippen LogP contribution in [0.15, 0.2) is 53.1 Å². The fraction of sp³-hybridized carbons (Fsp3) is 0.565. The second-order valence-corrected chi connectivity index (χ2v) is 8.34. The summed E-state index contributed by atoms with van der Waals surface area (Å²) < 4.78 is 11.2. The van der Waals surface area contributed by atoms with Gasteiger partial charge in [-0.15, -0.1) is 0 Å². The number of hydrogen-bond acceptors (Lipinski definition) is 4. The third kappa shape index (κ3) is 4.45. The van der Waals surface area contributed by atoms with Crippen LogP contribution in [0.4, 0.5) is 0 Å². The van der Waals surface area contributed by atoms with Crippen LogP contribution >= 0.6 is 0 Å². The van der Waals surface area contributed by atoms with Crippen LogP contribution in [0.5, 0.6) is 0 Å². The Kier molecular flexibility index (Phi) is 5.96. The molecule has 2 saturated heterocycles. The van der Waals surface area contributed by atoms with Crippen LogP contribution in [0, 0.1) is 11.3 Å². The number of benzene rings is 1. The molecule has 27 heavy (non-hydrogen) atoms. The lowest BCUT2D eigenvalue weighted by atomic mass is 9.71. The van der Waals surface area contributed by atoms with Gasteiger partial charge in [0, 0.05) is 32.7 Å². The molecular weight excluding hydrogens is 336 g/mol. The average molecular weight is 369 g/mol. The molecule has 0 bridgehead atoms. The first-order valence-electron chi connectivity index (χ1n) is 10.3. The number of methoxy groups -OCH3 is 1. The Morgan fingerprint density at radius 1 is 1.07 bits per heavy atom. The van der Waals surface area contributed by atoms with Crippen molar-refractivity contribution in [2.24, 2.45) is 11.3 Å². The van der Waals surface area contributed by atoms with Crippen molar-refractivity contribution in [3.05, 3.63) is 60.1 Å². The molecule has 2 fully saturated rings. The Hall–Kier alpha value is -1.62. The van der Waals surface area contributed by atoms with Gasteiger partial charge >= 0.3 is 0 Å². The SMILES string of the molecule is COC[C@@H]1CN(Cc2ccco2)CC12CCN(CCc1ccccc1)CC2. The second kappa shape index (κ2) is 8.59. The zero-order valence-electron chi connectivity index (χ0n) is 16.5. The van der Waals surface area contributed by atoms with Gasteiger partial charge in [0.1, 0.15) is 5.76 Å². The van der Waals surface area contributed by atoms with Crippen molar-refractivity contribution >= 4 is 0 Å². The molecule has 2 aliphatic rings. The third-order valence-corrected chi connectivity index (χ3v) is 6.62. The lowest BCUT2D eigenvalue weighted by Crippen LogP contribution is -2.45. The number of rotatable bonds is 7. The van der Waals surface area contributed by atoms with Gasteiger partial charge in [-0.3, -0.25) is 4.90 Å². The van der Waals surface area contributed by atoms with Gasteiger partial charge in [-0.05, 0) is 55.5 Å². The molecule has 4 nitrogen and oxygen atoms in total. The minimum absolute atomic E-state index is 0.409. The quantitative estimate of drug-likeness (QED) is 0.745. The zero-order valence-corrected chi connectivity index (χ0v) is 16.5. The smallest absolute Gasteiger partial charge is 0.117 e. The van der Waals surface area contributed by atoms with Gasteiger partial charge in [-0.2, -0.15) is 0 Å². The topological polar surface area (TPSA) is 28.9 Å². The highest BCUT2D eigenvalue weighted by Crippen LogP contribution is 2.45. The molecule has 0 aliphatic carbocycles. The van der Waals surface area contributed by atoms with Crippen LogP contribution in [-0.2, 0) is 17.7 Å². The molecule has 0 unspecified atom stereocenters. The van der Waals surface area contributed by atoms with Crippen LogP contribution in [0.3, 0.4) is 0 Å². The maximum atomic E-state index is 5.61. The third-order valence-electron chi connectivity index (χ3n) is 6.62. The first kappa shape index (κ1) is 18.7. The van der Waals surface area contributed by atoms with E-state index in [-0.39, 0.29) is 0 Å². The molecular formula is C23H32N2O2. The normalized spacial score (nSPS) is 23.2. The average Bonchev–Trinajstić information content (AvgIpc) is 3.32. The summed E-state index contributed by atoms with van der Waals surface area (Å²) in [6.45, 7) is 7.69. The van der Waals surface area contributed by atoms with Crippen LogP contribution < -0.4 is 0 Å². The molecule has 4 rings (SSSR count). The van der Waals surface area contributed by atoms with Crippen molar-refractivity contribution in [2.45, 2.75) is 25.8 Å². The molecule has 0 amide bonds. The molecule has 0 radical (unpaired) electrons. The highest BCUT2D eigenvalue weighted by Gasteiger charge is 2.47. The highest BCUT2D eigenvalue weighted by atomic mass is 16.5. The summed E-state index contributed by atoms with van der Waals surface area (Å²) in [5.41, 5.74) is 1.85. The van der Waals surface area contributed by atoms with Crippen LogP contribution in [-0.4, -0.2) is 56.2 Å². The molecule has 1 aromatic carbocycles. The van der Waals surface area contributed by atoms with E-state index in [1.54, 1.807) is 6.26 Å². The van der Waals surface area contributed by atoms with Gasteiger partial charge in [0.25, 0.3) is 0 Å². The first-order chi connectivity index (χ1) is 13.3. The largest absolute Gasteiger partial charge is 0.468 e. The van der Waals surface area contributed by atoms with E-state index in [9.17, 15) is 0 Å². The Morgan fingerprint density at radius 2 is 1.89 bits per heavy atom. The monoisotopic (exact) mass is 368 g/mol. The molecule has 146 valence electrons. The van der Waals surface area contributed by atoms with Gasteiger partial charge in [-0.25, -0.2) is 0 Å². The Bertz CT molecular complexity index is 678. The van der Waals surface area contributed by atoms with Gasteiger partial charge in [0.05, 0.1) is 19.4 Å². The predicted molar refractivity (Wildman–Crippen MR) is 108 cm³/mol. The number of hydrogen-bond donors (Lipinski definition) is 0. The number of ether oxygens (including phenoxy) is 1. The van der Waals surface area contributed by atoms with E-state index < -0.39 is 0 Å². The Morgan fingerprint density at radius 3 is 2.59 bits per heavy atom. The summed E-state index contributed by atoms with van der Waals surface area (Å²) in [4.78, 5) is 5.22. The Balaban J connectivity index is 1.33. The summed E-state index contributed by atoms with van der Waals surface area (Å²) in [6.07, 6.45) is 5.49. The summed E-state index contributed by atoms with van der Waals surface area (Å²) in [6, 6.07) is 14.9. The van der Waals surface area contributed by atoms with Crippen LogP contribution in [0.1, 0.15) is 24.2 Å². The van der Waals surface area contributed by atoms with Crippen LogP contribution in [0.25, 0.3) is 0 Å². The van der Waals surface area contributed by atoms with E-state index in [0.717, 1.165) is 31.9 Å². The van der Waals surface area contributed by atoms with Crippen molar-refractivity contribution in [3.8, 4) is 0 Å². The molecule has 1 atom stereocenters. The van der Waals surface area contributed by atoms with Gasteiger partial charge < -0.3 is 14.1 Å². The predicted octanol–water partition coefficient (Wildman–Crippen LogP) is 3.68. The van der Waals surface area contributed by atoms with Crippen molar-refractivity contribution in [3.63, 3.8) is 0 Å². The molecule has 3 heterocycles. The van der Waals surface area contributed by atoms with E-state index in [1.165, 1.54) is 44.6 Å². The number of nitrogens with zero attached hydrogens (tertiary/aromatic N) is 2. The number of likely N-dealkylation sites (tertiary alicyclic amines) is 2. The van der Waals surface area contributed by atoms with E-state index in [0.29, 0.717) is 11.3 Å². The molecule has 1 aromatic heterocycles. The van der Waals surface area contributed by atoms with Gasteiger partial charge in [-0.1, -0.05) is 30.3 Å². The molecule has 2 aromatic rings. The maximum absolute atomic E-state index is 5.61. The van der Waals surface area contributed by atoms with Crippen molar-refractivity contribution in [2.75, 3.05) is 46.4 Å². The maximum Gasteiger partial charge on any atom is 0.117 e. The molecule has 2 aliphatic heterocycles. The molecule has 4 heteroatoms. The zero-order chi connectivity index (χ0) is 18.5. The van der Waals surface area contributed by atoms with Crippen molar-refractivity contribution in [1.82, 2.24) is 9.80 Å². The number of furan rings is 1. The second-order valence-electron chi connectivity index (χ2n) is 8.34. The van der Waals surface area contributed by atoms with E-state index in [4.69, 9.17) is 9.15 Å². The fourth-order valence-corrected chi connectivity index (χ4v) is 5.04. The molecule has 0 saturated carbocycles.